The molecule has 3 aromatic carbocycles. The summed E-state index contributed by atoms with van der Waals surface area (Å²) in [5.41, 5.74) is 4.82. The largest absolute Gasteiger partial charge is 0.354 e. The van der Waals surface area contributed by atoms with E-state index in [1.165, 1.54) is 9.87 Å². The van der Waals surface area contributed by atoms with Gasteiger partial charge in [-0.15, -0.1) is 0 Å². The molecule has 5 nitrogen and oxygen atoms in total. The first-order valence-corrected chi connectivity index (χ1v) is 13.6. The lowest BCUT2D eigenvalue weighted by molar-refractivity contribution is -0.122. The number of anilines is 1. The van der Waals surface area contributed by atoms with E-state index in [0.29, 0.717) is 25.1 Å². The summed E-state index contributed by atoms with van der Waals surface area (Å²) in [4.78, 5) is 13.5. The standard InChI is InChI=1S/C29H34N2O3S/c1-5-21-10-12-22(13-11-21)18-19-30-28(32)27-20-23-8-6-7-9-26(23)31(27)35(33,34)25-16-14-24(15-17-25)29(2,3)4/h6-17,27H,5,18-20H2,1-4H3,(H,30,32)/t27-/m0/s1. The summed E-state index contributed by atoms with van der Waals surface area (Å²) in [7, 11) is -3.92. The van der Waals surface area contributed by atoms with E-state index in [9.17, 15) is 13.2 Å². The summed E-state index contributed by atoms with van der Waals surface area (Å²) in [6, 6.07) is 21.9. The molecule has 0 spiro atoms. The molecule has 1 N–H and O–H groups in total. The lowest BCUT2D eigenvalue weighted by Gasteiger charge is -2.27. The number of hydrogen-bond donors (Lipinski definition) is 1. The average Bonchev–Trinajstić information content (AvgIpc) is 3.25. The van der Waals surface area contributed by atoms with Crippen LogP contribution in [-0.2, 0) is 39.5 Å². The van der Waals surface area contributed by atoms with Crippen molar-refractivity contribution in [1.29, 1.82) is 0 Å². The number of hydrogen-bond acceptors (Lipinski definition) is 3. The third-order valence-electron chi connectivity index (χ3n) is 6.65. The molecule has 1 heterocycles. The first-order valence-electron chi connectivity index (χ1n) is 12.2. The Morgan fingerprint density at radius 1 is 0.943 bits per heavy atom. The van der Waals surface area contributed by atoms with Crippen LogP contribution in [0.3, 0.4) is 0 Å². The van der Waals surface area contributed by atoms with Crippen molar-refractivity contribution >= 4 is 21.6 Å². The van der Waals surface area contributed by atoms with Crippen LogP contribution in [0.1, 0.15) is 49.9 Å². The third-order valence-corrected chi connectivity index (χ3v) is 8.49. The summed E-state index contributed by atoms with van der Waals surface area (Å²) >= 11 is 0. The monoisotopic (exact) mass is 490 g/mol. The van der Waals surface area contributed by atoms with Crippen LogP contribution in [0.2, 0.25) is 0 Å². The Balaban J connectivity index is 1.55. The van der Waals surface area contributed by atoms with Gasteiger partial charge < -0.3 is 5.32 Å². The van der Waals surface area contributed by atoms with Crippen LogP contribution in [0.5, 0.6) is 0 Å². The van der Waals surface area contributed by atoms with E-state index in [4.69, 9.17) is 0 Å². The number of para-hydroxylation sites is 1. The van der Waals surface area contributed by atoms with Gasteiger partial charge in [0.1, 0.15) is 6.04 Å². The molecule has 0 saturated carbocycles. The van der Waals surface area contributed by atoms with E-state index in [2.05, 4.69) is 57.3 Å². The molecule has 0 fully saturated rings. The van der Waals surface area contributed by atoms with E-state index in [0.717, 1.165) is 23.1 Å². The number of fused-ring (bicyclic) bond motifs is 1. The lowest BCUT2D eigenvalue weighted by atomic mass is 9.87. The first kappa shape index (κ1) is 25.0. The van der Waals surface area contributed by atoms with Crippen LogP contribution >= 0.6 is 0 Å². The van der Waals surface area contributed by atoms with Crippen LogP contribution in [0.15, 0.2) is 77.7 Å². The molecule has 35 heavy (non-hydrogen) atoms. The average molecular weight is 491 g/mol. The second-order valence-corrected chi connectivity index (χ2v) is 11.9. The Morgan fingerprint density at radius 2 is 1.57 bits per heavy atom. The third kappa shape index (κ3) is 5.27. The highest BCUT2D eigenvalue weighted by Crippen LogP contribution is 2.37. The van der Waals surface area contributed by atoms with E-state index in [-0.39, 0.29) is 16.2 Å². The Kier molecular flexibility index (Phi) is 7.04. The summed E-state index contributed by atoms with van der Waals surface area (Å²) in [5, 5.41) is 2.97. The Labute approximate surface area is 209 Å². The molecule has 0 bridgehead atoms. The highest BCUT2D eigenvalue weighted by atomic mass is 32.2. The van der Waals surface area contributed by atoms with Crippen molar-refractivity contribution in [3.05, 3.63) is 95.1 Å². The van der Waals surface area contributed by atoms with Crippen molar-refractivity contribution in [3.8, 4) is 0 Å². The van der Waals surface area contributed by atoms with Gasteiger partial charge in [0.25, 0.3) is 10.0 Å². The van der Waals surface area contributed by atoms with Crippen LogP contribution in [0.4, 0.5) is 5.69 Å². The molecule has 0 unspecified atom stereocenters. The fourth-order valence-corrected chi connectivity index (χ4v) is 6.13. The highest BCUT2D eigenvalue weighted by molar-refractivity contribution is 7.93. The molecular formula is C29H34N2O3S. The molecule has 1 amide bonds. The predicted octanol–water partition coefficient (Wildman–Crippen LogP) is 5.03. The SMILES string of the molecule is CCc1ccc(CCNC(=O)[C@@H]2Cc3ccccc3N2S(=O)(=O)c2ccc(C(C)(C)C)cc2)cc1. The van der Waals surface area contributed by atoms with Gasteiger partial charge >= 0.3 is 0 Å². The zero-order chi connectivity index (χ0) is 25.2. The molecule has 0 saturated heterocycles. The minimum Gasteiger partial charge on any atom is -0.354 e. The van der Waals surface area contributed by atoms with Gasteiger partial charge in [-0.2, -0.15) is 0 Å². The maximum Gasteiger partial charge on any atom is 0.265 e. The van der Waals surface area contributed by atoms with Gasteiger partial charge in [-0.3, -0.25) is 9.10 Å². The normalized spacial score (nSPS) is 15.7. The fraction of sp³-hybridized carbons (Fsp3) is 0.345. The molecular weight excluding hydrogens is 456 g/mol. The molecule has 3 aromatic rings. The zero-order valence-electron chi connectivity index (χ0n) is 20.9. The number of nitrogens with one attached hydrogen (secondary N) is 1. The van der Waals surface area contributed by atoms with Crippen LogP contribution in [0, 0.1) is 0 Å². The van der Waals surface area contributed by atoms with Crippen LogP contribution < -0.4 is 9.62 Å². The van der Waals surface area contributed by atoms with Crippen LogP contribution in [0.25, 0.3) is 0 Å². The quantitative estimate of drug-likeness (QED) is 0.505. The maximum atomic E-state index is 13.8. The van der Waals surface area contributed by atoms with E-state index in [1.54, 1.807) is 18.2 Å². The van der Waals surface area contributed by atoms with Crippen molar-refractivity contribution in [3.63, 3.8) is 0 Å². The van der Waals surface area contributed by atoms with Gasteiger partial charge in [0.05, 0.1) is 10.6 Å². The Morgan fingerprint density at radius 3 is 2.20 bits per heavy atom. The number of amides is 1. The van der Waals surface area contributed by atoms with Gasteiger partial charge in [0.15, 0.2) is 0 Å². The molecule has 0 aliphatic carbocycles. The summed E-state index contributed by atoms with van der Waals surface area (Å²) in [6.45, 7) is 8.84. The number of rotatable bonds is 7. The zero-order valence-corrected chi connectivity index (χ0v) is 21.7. The number of carbonyl (C=O) groups is 1. The van der Waals surface area contributed by atoms with Gasteiger partial charge in [-0.25, -0.2) is 8.42 Å². The smallest absolute Gasteiger partial charge is 0.265 e. The summed E-state index contributed by atoms with van der Waals surface area (Å²) in [6.07, 6.45) is 2.03. The van der Waals surface area contributed by atoms with Gasteiger partial charge in [-0.1, -0.05) is 82.3 Å². The minimum atomic E-state index is -3.92. The van der Waals surface area contributed by atoms with Crippen LogP contribution in [-0.4, -0.2) is 26.9 Å². The number of nitrogens with zero attached hydrogens (tertiary/aromatic N) is 1. The molecule has 6 heteroatoms. The summed E-state index contributed by atoms with van der Waals surface area (Å²) < 4.78 is 28.9. The lowest BCUT2D eigenvalue weighted by Crippen LogP contribution is -2.48. The number of aryl methyl sites for hydroxylation is 1. The topological polar surface area (TPSA) is 66.5 Å². The predicted molar refractivity (Wildman–Crippen MR) is 141 cm³/mol. The van der Waals surface area contributed by atoms with Gasteiger partial charge in [-0.05, 0) is 58.7 Å². The molecule has 1 aliphatic heterocycles. The van der Waals surface area contributed by atoms with Crippen molar-refractivity contribution in [2.45, 2.75) is 63.3 Å². The van der Waals surface area contributed by atoms with Crippen molar-refractivity contribution in [2.75, 3.05) is 10.8 Å². The first-order chi connectivity index (χ1) is 16.6. The highest BCUT2D eigenvalue weighted by Gasteiger charge is 2.42. The number of benzene rings is 3. The van der Waals surface area contributed by atoms with Gasteiger partial charge in [0, 0.05) is 13.0 Å². The Bertz CT molecular complexity index is 1290. The van der Waals surface area contributed by atoms with Crippen molar-refractivity contribution < 1.29 is 13.2 Å². The van der Waals surface area contributed by atoms with E-state index >= 15 is 0 Å². The molecule has 1 aliphatic rings. The second kappa shape index (κ2) is 9.86. The van der Waals surface area contributed by atoms with Gasteiger partial charge in [0.2, 0.25) is 5.91 Å². The molecule has 0 aromatic heterocycles. The second-order valence-electron chi connectivity index (χ2n) is 10.1. The summed E-state index contributed by atoms with van der Waals surface area (Å²) in [5.74, 6) is -0.277. The minimum absolute atomic E-state index is 0.0815. The Hall–Kier alpha value is -3.12. The molecule has 1 atom stereocenters. The molecule has 4 rings (SSSR count). The fourth-order valence-electron chi connectivity index (χ4n) is 4.48. The maximum absolute atomic E-state index is 13.8. The molecule has 0 radical (unpaired) electrons. The van der Waals surface area contributed by atoms with Crippen molar-refractivity contribution in [1.82, 2.24) is 5.32 Å². The van der Waals surface area contributed by atoms with E-state index < -0.39 is 16.1 Å². The molecule has 184 valence electrons. The van der Waals surface area contributed by atoms with Crippen molar-refractivity contribution in [2.24, 2.45) is 0 Å². The number of carbonyl (C=O) groups excluding carboxylic acids is 1. The number of sulfonamides is 1. The van der Waals surface area contributed by atoms with E-state index in [1.807, 2.05) is 30.3 Å².